The second-order valence-corrected chi connectivity index (χ2v) is 0. The molecule has 0 bridgehead atoms. The first-order valence-electron chi connectivity index (χ1n) is 0. The molecule has 0 aliphatic rings. The molecule has 0 heterocycles. The summed E-state index contributed by atoms with van der Waals surface area (Å²) in [7, 11) is 0. The van der Waals surface area contributed by atoms with Gasteiger partial charge in [0.15, 0.2) is 0 Å². The van der Waals surface area contributed by atoms with Crippen LogP contribution in [0.15, 0.2) is 0 Å². The average molecular weight is 1340 g/mol. The van der Waals surface area contributed by atoms with Gasteiger partial charge in [-0.15, -0.1) is 0 Å². The molecular formula is As8Cu3Ga3In3. The Labute approximate surface area is 323 Å². The van der Waals surface area contributed by atoms with E-state index in [1.54, 1.807) is 0 Å². The molecule has 0 rings (SSSR count). The molecule has 0 aromatic heterocycles. The van der Waals surface area contributed by atoms with Crippen molar-refractivity contribution in [3.05, 3.63) is 0 Å². The molecule has 3 radical (unpaired) electrons. The van der Waals surface area contributed by atoms with E-state index in [1.807, 2.05) is 0 Å². The minimum Gasteiger partial charge on any atom is -3.00 e. The van der Waals surface area contributed by atoms with Crippen LogP contribution in [0.3, 0.4) is 0 Å². The molecule has 0 saturated carbocycles. The van der Waals surface area contributed by atoms with Crippen molar-refractivity contribution in [2.24, 2.45) is 0 Å². The van der Waals surface area contributed by atoms with Gasteiger partial charge in [0.2, 0.25) is 0 Å². The number of hydrogen-bond acceptors (Lipinski definition) is 0. The molecule has 0 unspecified atom stereocenters. The normalized spacial score (nSPS) is 0. The van der Waals surface area contributed by atoms with Gasteiger partial charge in [0.25, 0.3) is 0 Å². The van der Waals surface area contributed by atoms with Crippen molar-refractivity contribution in [2.75, 3.05) is 0 Å². The largest absolute Gasteiger partial charge is 3.00 e. The molecule has 0 aromatic rings. The van der Waals surface area contributed by atoms with E-state index in [4.69, 9.17) is 0 Å². The van der Waals surface area contributed by atoms with Crippen LogP contribution in [0.1, 0.15) is 0 Å². The van der Waals surface area contributed by atoms with Gasteiger partial charge in [0.05, 0.1) is 0 Å². The Morgan fingerprint density at radius 2 is 0.235 bits per heavy atom. The van der Waals surface area contributed by atoms with E-state index in [1.165, 1.54) is 0 Å². The van der Waals surface area contributed by atoms with E-state index in [-0.39, 0.29) is 332 Å². The van der Waals surface area contributed by atoms with Crippen LogP contribution in [0.25, 0.3) is 0 Å². The molecule has 0 aliphatic carbocycles. The van der Waals surface area contributed by atoms with Crippen molar-refractivity contribution in [3.63, 3.8) is 0 Å². The molecular weight excluding hydrogens is 1340 g/mol. The first kappa shape index (κ1) is 175. The third-order valence-corrected chi connectivity index (χ3v) is 0. The zero-order chi connectivity index (χ0) is 0. The molecule has 17 heteroatoms. The Kier molecular flexibility index (Phi) is 1600. The van der Waals surface area contributed by atoms with Crippen molar-refractivity contribution >= 4 is 281 Å². The summed E-state index contributed by atoms with van der Waals surface area (Å²) >= 11 is 0. The van der Waals surface area contributed by atoms with Crippen molar-refractivity contribution in [3.8, 4) is 0 Å². The van der Waals surface area contributed by atoms with Crippen molar-refractivity contribution < 1.29 is 51.2 Å². The van der Waals surface area contributed by atoms with Crippen LogP contribution < -0.4 is 0 Å². The Hall–Kier alpha value is 10.5. The molecule has 0 N–H and O–H groups in total. The van der Waals surface area contributed by atoms with Gasteiger partial charge in [0, 0.05) is 0 Å². The molecule has 0 aromatic carbocycles. The van der Waals surface area contributed by atoms with Crippen LogP contribution in [0, 0.1) is 0 Å². The third kappa shape index (κ3) is 144. The summed E-state index contributed by atoms with van der Waals surface area (Å²) < 4.78 is 0. The van der Waals surface area contributed by atoms with Crippen LogP contribution in [-0.4, -0.2) is 281 Å². The predicted molar refractivity (Wildman–Crippen MR) is 80.6 cm³/mol. The van der Waals surface area contributed by atoms with Crippen molar-refractivity contribution in [1.82, 2.24) is 0 Å². The van der Waals surface area contributed by atoms with E-state index in [0.717, 1.165) is 0 Å². The zero-order valence-electron chi connectivity index (χ0n) is 7.95. The van der Waals surface area contributed by atoms with Gasteiger partial charge in [-0.3, -0.25) is 0 Å². The zero-order valence-corrected chi connectivity index (χ0v) is 42.9. The summed E-state index contributed by atoms with van der Waals surface area (Å²) in [6, 6.07) is 0. The summed E-state index contributed by atoms with van der Waals surface area (Å²) in [6.45, 7) is 0. The Morgan fingerprint density at radius 1 is 0.235 bits per heavy atom. The Morgan fingerprint density at radius 3 is 0.235 bits per heavy atom. The van der Waals surface area contributed by atoms with Crippen LogP contribution in [0.5, 0.6) is 0 Å². The monoisotopic (exact) mass is 1340 g/mol. The SMILES string of the molecule is [As-3].[As-3].[As-3].[As-3].[As-3].[As-3].[As-3].[As-3].[Cu+2].[Cu+2].[Cu+2].[Ga+3].[Ga+3].[Ga+3].[In+3].[In+3].[In+3]. The molecule has 0 spiro atoms. The quantitative estimate of drug-likeness (QED) is 0.213. The first-order chi connectivity index (χ1) is 0. The molecule has 0 atom stereocenters. The summed E-state index contributed by atoms with van der Waals surface area (Å²) in [5.41, 5.74) is 0. The van der Waals surface area contributed by atoms with Gasteiger partial charge in [-0.1, -0.05) is 0 Å². The smallest absolute Gasteiger partial charge is 3.00 e. The second-order valence-electron chi connectivity index (χ2n) is 0. The fourth-order valence-corrected chi connectivity index (χ4v) is 0. The minimum absolute atomic E-state index is 0. The van der Waals surface area contributed by atoms with E-state index in [9.17, 15) is 0 Å². The van der Waals surface area contributed by atoms with E-state index < -0.39 is 0 Å². The van der Waals surface area contributed by atoms with Crippen LogP contribution in [-0.2, 0) is 51.2 Å². The minimum atomic E-state index is 0. The molecule has 0 nitrogen and oxygen atoms in total. The molecule has 91 valence electrons. The Bertz CT molecular complexity index is 31.2. The molecule has 0 amide bonds. The fraction of sp³-hybridized carbons (Fsp3) is 0. The van der Waals surface area contributed by atoms with Crippen molar-refractivity contribution in [2.45, 2.75) is 0 Å². The van der Waals surface area contributed by atoms with Gasteiger partial charge in [0.1, 0.15) is 0 Å². The van der Waals surface area contributed by atoms with E-state index >= 15 is 0 Å². The number of hydrogen-bond donors (Lipinski definition) is 0. The molecule has 0 fully saturated rings. The van der Waals surface area contributed by atoms with Crippen LogP contribution in [0.4, 0.5) is 0 Å². The summed E-state index contributed by atoms with van der Waals surface area (Å²) in [6.07, 6.45) is 0. The van der Waals surface area contributed by atoms with Gasteiger partial charge in [-0.2, -0.15) is 0 Å². The average Bonchev–Trinajstić information content (AvgIpc) is 0. The van der Waals surface area contributed by atoms with E-state index in [0.29, 0.717) is 0 Å². The summed E-state index contributed by atoms with van der Waals surface area (Å²) in [4.78, 5) is 0. The van der Waals surface area contributed by atoms with Crippen LogP contribution >= 0.6 is 0 Å². The fourth-order valence-electron chi connectivity index (χ4n) is 0. The standard InChI is InChI=1S/8As.3Cu.3Ga.3In/q8*-3;3*+2;6*+3. The topological polar surface area (TPSA) is 0 Å². The van der Waals surface area contributed by atoms with Gasteiger partial charge in [-0.05, 0) is 0 Å². The maximum atomic E-state index is 0. The third-order valence-electron chi connectivity index (χ3n) is 0. The van der Waals surface area contributed by atoms with Gasteiger partial charge in [-0.25, -0.2) is 0 Å². The maximum absolute atomic E-state index is 0. The summed E-state index contributed by atoms with van der Waals surface area (Å²) in [5.74, 6) is 0. The molecule has 0 aliphatic heterocycles. The van der Waals surface area contributed by atoms with E-state index in [2.05, 4.69) is 0 Å². The predicted octanol–water partition coefficient (Wildman–Crippen LogP) is -5.34. The molecule has 17 heavy (non-hydrogen) atoms. The Balaban J connectivity index is 0. The summed E-state index contributed by atoms with van der Waals surface area (Å²) in [5, 5.41) is 0. The van der Waals surface area contributed by atoms with Gasteiger partial charge >= 0.3 is 188 Å². The number of rotatable bonds is 0. The molecule has 0 saturated heterocycles. The first-order valence-corrected chi connectivity index (χ1v) is 0. The maximum Gasteiger partial charge on any atom is 3.00 e. The van der Waals surface area contributed by atoms with Crippen LogP contribution in [0.2, 0.25) is 0 Å². The van der Waals surface area contributed by atoms with Gasteiger partial charge < -0.3 is 144 Å². The second kappa shape index (κ2) is 156. The van der Waals surface area contributed by atoms with Crippen molar-refractivity contribution in [1.29, 1.82) is 0 Å².